The summed E-state index contributed by atoms with van der Waals surface area (Å²) in [6, 6.07) is 10.1. The summed E-state index contributed by atoms with van der Waals surface area (Å²) in [6.07, 6.45) is 1.89. The van der Waals surface area contributed by atoms with Crippen LogP contribution >= 0.6 is 15.9 Å². The largest absolute Gasteiger partial charge is 0.454 e. The molecular formula is C16H15BrN2O. The van der Waals surface area contributed by atoms with Crippen LogP contribution in [0.4, 0.5) is 0 Å². The van der Waals surface area contributed by atoms with Crippen LogP contribution in [0.2, 0.25) is 0 Å². The van der Waals surface area contributed by atoms with E-state index < -0.39 is 0 Å². The number of hydrogen-bond acceptors (Lipinski definition) is 3. The average Bonchev–Trinajstić information content (AvgIpc) is 2.84. The van der Waals surface area contributed by atoms with Crippen LogP contribution in [-0.2, 0) is 6.42 Å². The molecule has 3 aromatic rings. The second kappa shape index (κ2) is 5.37. The van der Waals surface area contributed by atoms with Gasteiger partial charge in [0.15, 0.2) is 5.76 Å². The van der Waals surface area contributed by atoms with Crippen molar-refractivity contribution in [3.05, 3.63) is 46.3 Å². The summed E-state index contributed by atoms with van der Waals surface area (Å²) in [5.74, 6) is 1.63. The van der Waals surface area contributed by atoms with Gasteiger partial charge in [-0.2, -0.15) is 0 Å². The third-order valence-corrected chi connectivity index (χ3v) is 3.61. The summed E-state index contributed by atoms with van der Waals surface area (Å²) in [6.45, 7) is 4.17. The van der Waals surface area contributed by atoms with Gasteiger partial charge in [0.05, 0.1) is 0 Å². The maximum atomic E-state index is 5.96. The van der Waals surface area contributed by atoms with E-state index in [2.05, 4.69) is 38.9 Å². The van der Waals surface area contributed by atoms with Gasteiger partial charge in [0, 0.05) is 17.9 Å². The van der Waals surface area contributed by atoms with Crippen LogP contribution in [-0.4, -0.2) is 9.97 Å². The highest BCUT2D eigenvalue weighted by molar-refractivity contribution is 9.10. The average molecular weight is 331 g/mol. The van der Waals surface area contributed by atoms with Crippen LogP contribution < -0.4 is 0 Å². The van der Waals surface area contributed by atoms with Crippen LogP contribution in [0.5, 0.6) is 0 Å². The molecule has 0 N–H and O–H groups in total. The van der Waals surface area contributed by atoms with Gasteiger partial charge in [-0.25, -0.2) is 9.97 Å². The summed E-state index contributed by atoms with van der Waals surface area (Å²) < 4.78 is 6.76. The molecule has 0 saturated heterocycles. The highest BCUT2D eigenvalue weighted by Gasteiger charge is 2.11. The molecule has 3 rings (SSSR count). The predicted octanol–water partition coefficient (Wildman–Crippen LogP) is 4.91. The molecular weight excluding hydrogens is 316 g/mol. The van der Waals surface area contributed by atoms with Gasteiger partial charge in [-0.15, -0.1) is 0 Å². The number of para-hydroxylation sites is 1. The molecule has 0 radical (unpaired) electrons. The minimum absolute atomic E-state index is 0.787. The molecule has 0 aliphatic carbocycles. The first-order valence-electron chi connectivity index (χ1n) is 6.70. The number of aromatic nitrogens is 2. The van der Waals surface area contributed by atoms with E-state index in [0.717, 1.165) is 51.3 Å². The van der Waals surface area contributed by atoms with E-state index in [-0.39, 0.29) is 0 Å². The first-order valence-corrected chi connectivity index (χ1v) is 7.49. The smallest absolute Gasteiger partial charge is 0.153 e. The molecule has 0 amide bonds. The number of halogens is 1. The van der Waals surface area contributed by atoms with Crippen molar-refractivity contribution in [1.82, 2.24) is 9.97 Å². The Morgan fingerprint density at radius 3 is 2.80 bits per heavy atom. The molecule has 0 bridgehead atoms. The zero-order valence-corrected chi connectivity index (χ0v) is 13.1. The van der Waals surface area contributed by atoms with E-state index in [0.29, 0.717) is 0 Å². The molecule has 0 aliphatic rings. The highest BCUT2D eigenvalue weighted by Crippen LogP contribution is 2.29. The topological polar surface area (TPSA) is 38.9 Å². The highest BCUT2D eigenvalue weighted by atomic mass is 79.9. The summed E-state index contributed by atoms with van der Waals surface area (Å²) in [4.78, 5) is 8.97. The summed E-state index contributed by atoms with van der Waals surface area (Å²) in [5.41, 5.74) is 2.89. The molecule has 0 unspecified atom stereocenters. The Hall–Kier alpha value is -1.68. The molecule has 4 heteroatoms. The summed E-state index contributed by atoms with van der Waals surface area (Å²) >= 11 is 3.45. The second-order valence-electron chi connectivity index (χ2n) is 4.85. The number of rotatable bonds is 3. The monoisotopic (exact) mass is 330 g/mol. The van der Waals surface area contributed by atoms with Crippen molar-refractivity contribution in [2.45, 2.75) is 26.7 Å². The molecule has 3 nitrogen and oxygen atoms in total. The number of furan rings is 1. The quantitative estimate of drug-likeness (QED) is 0.640. The molecule has 2 aromatic heterocycles. The third kappa shape index (κ3) is 2.48. The standard InChI is InChI=1S/C16H15BrN2O/c1-3-5-15-18-12(9-14(17)19-15)13-8-11-7-4-6-10(2)16(11)20-13/h4,6-9H,3,5H2,1-2H3. The number of aryl methyl sites for hydroxylation is 2. The molecule has 0 atom stereocenters. The van der Waals surface area contributed by atoms with E-state index in [4.69, 9.17) is 4.42 Å². The number of hydrogen-bond donors (Lipinski definition) is 0. The van der Waals surface area contributed by atoms with Crippen molar-refractivity contribution in [3.63, 3.8) is 0 Å². The fraction of sp³-hybridized carbons (Fsp3) is 0.250. The lowest BCUT2D eigenvalue weighted by molar-refractivity contribution is 0.624. The van der Waals surface area contributed by atoms with E-state index in [1.165, 1.54) is 0 Å². The second-order valence-corrected chi connectivity index (χ2v) is 5.66. The Labute approximate surface area is 126 Å². The van der Waals surface area contributed by atoms with Crippen molar-refractivity contribution in [2.24, 2.45) is 0 Å². The van der Waals surface area contributed by atoms with Crippen LogP contribution in [0.3, 0.4) is 0 Å². The molecule has 0 spiro atoms. The number of fused-ring (bicyclic) bond motifs is 1. The fourth-order valence-electron chi connectivity index (χ4n) is 2.26. The summed E-state index contributed by atoms with van der Waals surface area (Å²) in [5, 5.41) is 1.10. The molecule has 0 aliphatic heterocycles. The number of benzene rings is 1. The van der Waals surface area contributed by atoms with Crippen molar-refractivity contribution in [2.75, 3.05) is 0 Å². The van der Waals surface area contributed by atoms with Crippen molar-refractivity contribution in [3.8, 4) is 11.5 Å². The molecule has 1 aromatic carbocycles. The Kier molecular flexibility index (Phi) is 3.57. The van der Waals surface area contributed by atoms with Crippen LogP contribution in [0.15, 0.2) is 39.4 Å². The lowest BCUT2D eigenvalue weighted by Crippen LogP contribution is -1.96. The Balaban J connectivity index is 2.12. The van der Waals surface area contributed by atoms with Gasteiger partial charge in [-0.05, 0) is 40.9 Å². The minimum Gasteiger partial charge on any atom is -0.454 e. The SMILES string of the molecule is CCCc1nc(Br)cc(-c2cc3cccc(C)c3o2)n1. The van der Waals surface area contributed by atoms with E-state index in [9.17, 15) is 0 Å². The van der Waals surface area contributed by atoms with Gasteiger partial charge in [0.2, 0.25) is 0 Å². The Morgan fingerprint density at radius 2 is 2.05 bits per heavy atom. The van der Waals surface area contributed by atoms with Gasteiger partial charge in [-0.3, -0.25) is 0 Å². The van der Waals surface area contributed by atoms with Crippen LogP contribution in [0.25, 0.3) is 22.4 Å². The first kappa shape index (κ1) is 13.3. The molecule has 20 heavy (non-hydrogen) atoms. The first-order chi connectivity index (χ1) is 9.67. The van der Waals surface area contributed by atoms with Crippen LogP contribution in [0, 0.1) is 6.92 Å². The molecule has 102 valence electrons. The maximum Gasteiger partial charge on any atom is 0.153 e. The van der Waals surface area contributed by atoms with E-state index >= 15 is 0 Å². The van der Waals surface area contributed by atoms with Gasteiger partial charge < -0.3 is 4.42 Å². The van der Waals surface area contributed by atoms with E-state index in [1.807, 2.05) is 31.2 Å². The Morgan fingerprint density at radius 1 is 1.20 bits per heavy atom. The molecule has 2 heterocycles. The maximum absolute atomic E-state index is 5.96. The predicted molar refractivity (Wildman–Crippen MR) is 83.7 cm³/mol. The van der Waals surface area contributed by atoms with Crippen LogP contribution in [0.1, 0.15) is 24.7 Å². The van der Waals surface area contributed by atoms with Crippen molar-refractivity contribution in [1.29, 1.82) is 0 Å². The summed E-state index contributed by atoms with van der Waals surface area (Å²) in [7, 11) is 0. The zero-order chi connectivity index (χ0) is 14.1. The van der Waals surface area contributed by atoms with Gasteiger partial charge in [0.25, 0.3) is 0 Å². The third-order valence-electron chi connectivity index (χ3n) is 3.21. The van der Waals surface area contributed by atoms with E-state index in [1.54, 1.807) is 0 Å². The number of nitrogens with zero attached hydrogens (tertiary/aromatic N) is 2. The minimum atomic E-state index is 0.787. The van der Waals surface area contributed by atoms with Gasteiger partial charge in [0.1, 0.15) is 21.7 Å². The van der Waals surface area contributed by atoms with Gasteiger partial charge in [-0.1, -0.05) is 25.1 Å². The fourth-order valence-corrected chi connectivity index (χ4v) is 2.68. The lowest BCUT2D eigenvalue weighted by Gasteiger charge is -2.02. The molecule has 0 saturated carbocycles. The zero-order valence-electron chi connectivity index (χ0n) is 11.5. The Bertz CT molecular complexity index is 764. The molecule has 0 fully saturated rings. The normalized spacial score (nSPS) is 11.2. The van der Waals surface area contributed by atoms with Crippen molar-refractivity contribution < 1.29 is 4.42 Å². The lowest BCUT2D eigenvalue weighted by atomic mass is 10.2. The van der Waals surface area contributed by atoms with Crippen molar-refractivity contribution >= 4 is 26.9 Å². The van der Waals surface area contributed by atoms with Gasteiger partial charge >= 0.3 is 0 Å².